The van der Waals surface area contributed by atoms with Gasteiger partial charge in [-0.25, -0.2) is 0 Å². The lowest BCUT2D eigenvalue weighted by atomic mass is 9.97. The Morgan fingerprint density at radius 1 is 1.41 bits per heavy atom. The highest BCUT2D eigenvalue weighted by molar-refractivity contribution is 5.42. The molecule has 2 rings (SSSR count). The van der Waals surface area contributed by atoms with Crippen molar-refractivity contribution in [3.05, 3.63) is 11.3 Å². The van der Waals surface area contributed by atoms with Crippen LogP contribution >= 0.6 is 0 Å². The van der Waals surface area contributed by atoms with E-state index in [1.165, 1.54) is 0 Å². The zero-order chi connectivity index (χ0) is 12.4. The van der Waals surface area contributed by atoms with Crippen molar-refractivity contribution >= 4 is 5.82 Å². The zero-order valence-corrected chi connectivity index (χ0v) is 10.7. The van der Waals surface area contributed by atoms with Crippen LogP contribution in [0.5, 0.6) is 0 Å². The average Bonchev–Trinajstić information content (AvgIpc) is 2.57. The van der Waals surface area contributed by atoms with E-state index in [0.717, 1.165) is 49.6 Å². The van der Waals surface area contributed by atoms with Crippen LogP contribution in [-0.2, 0) is 13.6 Å². The number of nitrogens with zero attached hydrogens (tertiary/aromatic N) is 3. The smallest absolute Gasteiger partial charge is 0.126 e. The zero-order valence-electron chi connectivity index (χ0n) is 10.7. The minimum atomic E-state index is 0.321. The number of rotatable bonds is 3. The standard InChI is InChI=1S/C12H22N4O/c1-9-11(12(13)15(2)14-9)7-16-5-3-10(8-17)4-6-16/h10,17H,3-8,13H2,1-2H3. The van der Waals surface area contributed by atoms with Gasteiger partial charge in [-0.05, 0) is 38.8 Å². The topological polar surface area (TPSA) is 67.3 Å². The number of anilines is 1. The van der Waals surface area contributed by atoms with E-state index in [9.17, 15) is 0 Å². The Bertz CT molecular complexity index is 380. The van der Waals surface area contributed by atoms with Crippen molar-refractivity contribution in [1.82, 2.24) is 14.7 Å². The molecule has 96 valence electrons. The molecular weight excluding hydrogens is 216 g/mol. The Morgan fingerprint density at radius 3 is 2.53 bits per heavy atom. The highest BCUT2D eigenvalue weighted by Crippen LogP contribution is 2.22. The first kappa shape index (κ1) is 12.4. The van der Waals surface area contributed by atoms with E-state index in [0.29, 0.717) is 12.5 Å². The second-order valence-electron chi connectivity index (χ2n) is 4.97. The van der Waals surface area contributed by atoms with E-state index in [1.807, 2.05) is 14.0 Å². The third-order valence-corrected chi connectivity index (χ3v) is 3.74. The molecule has 3 N–H and O–H groups in total. The van der Waals surface area contributed by atoms with E-state index < -0.39 is 0 Å². The minimum absolute atomic E-state index is 0.321. The van der Waals surface area contributed by atoms with E-state index in [1.54, 1.807) is 4.68 Å². The molecule has 0 aliphatic carbocycles. The Morgan fingerprint density at radius 2 is 2.06 bits per heavy atom. The highest BCUT2D eigenvalue weighted by Gasteiger charge is 2.20. The van der Waals surface area contributed by atoms with Crippen LogP contribution in [0.1, 0.15) is 24.1 Å². The molecule has 0 amide bonds. The van der Waals surface area contributed by atoms with Crippen LogP contribution in [0.25, 0.3) is 0 Å². The molecule has 5 nitrogen and oxygen atoms in total. The van der Waals surface area contributed by atoms with Gasteiger partial charge < -0.3 is 10.8 Å². The predicted octanol–water partition coefficient (Wildman–Crippen LogP) is 0.515. The molecule has 1 aliphatic heterocycles. The SMILES string of the molecule is Cc1nn(C)c(N)c1CN1CCC(CO)CC1. The van der Waals surface area contributed by atoms with Gasteiger partial charge in [0.05, 0.1) is 5.69 Å². The molecule has 0 bridgehead atoms. The van der Waals surface area contributed by atoms with E-state index in [-0.39, 0.29) is 0 Å². The minimum Gasteiger partial charge on any atom is -0.396 e. The number of nitrogen functional groups attached to an aromatic ring is 1. The van der Waals surface area contributed by atoms with Crippen molar-refractivity contribution in [1.29, 1.82) is 0 Å². The van der Waals surface area contributed by atoms with E-state index in [4.69, 9.17) is 10.8 Å². The summed E-state index contributed by atoms with van der Waals surface area (Å²) in [5, 5.41) is 13.4. The van der Waals surface area contributed by atoms with Crippen LogP contribution < -0.4 is 5.73 Å². The molecule has 5 heteroatoms. The fourth-order valence-electron chi connectivity index (χ4n) is 2.47. The van der Waals surface area contributed by atoms with Gasteiger partial charge in [-0.15, -0.1) is 0 Å². The van der Waals surface area contributed by atoms with Gasteiger partial charge in [0.25, 0.3) is 0 Å². The molecule has 0 saturated carbocycles. The maximum absolute atomic E-state index is 9.11. The summed E-state index contributed by atoms with van der Waals surface area (Å²) in [5.74, 6) is 1.25. The van der Waals surface area contributed by atoms with Gasteiger partial charge in [-0.2, -0.15) is 5.10 Å². The summed E-state index contributed by atoms with van der Waals surface area (Å²) in [6, 6.07) is 0. The largest absolute Gasteiger partial charge is 0.396 e. The number of likely N-dealkylation sites (tertiary alicyclic amines) is 1. The molecule has 1 aromatic heterocycles. The van der Waals surface area contributed by atoms with Gasteiger partial charge in [-0.1, -0.05) is 0 Å². The summed E-state index contributed by atoms with van der Waals surface area (Å²) in [7, 11) is 1.88. The van der Waals surface area contributed by atoms with Crippen LogP contribution in [0, 0.1) is 12.8 Å². The fourth-order valence-corrected chi connectivity index (χ4v) is 2.47. The third-order valence-electron chi connectivity index (χ3n) is 3.74. The first-order chi connectivity index (χ1) is 8.11. The third kappa shape index (κ3) is 2.61. The number of hydrogen-bond acceptors (Lipinski definition) is 4. The predicted molar refractivity (Wildman–Crippen MR) is 67.4 cm³/mol. The van der Waals surface area contributed by atoms with Crippen molar-refractivity contribution < 1.29 is 5.11 Å². The Hall–Kier alpha value is -1.07. The van der Waals surface area contributed by atoms with Gasteiger partial charge in [-0.3, -0.25) is 9.58 Å². The van der Waals surface area contributed by atoms with Gasteiger partial charge >= 0.3 is 0 Å². The molecule has 0 unspecified atom stereocenters. The van der Waals surface area contributed by atoms with Crippen molar-refractivity contribution in [2.75, 3.05) is 25.4 Å². The van der Waals surface area contributed by atoms with Crippen molar-refractivity contribution in [2.24, 2.45) is 13.0 Å². The molecule has 1 aromatic rings. The van der Waals surface area contributed by atoms with Crippen molar-refractivity contribution in [3.63, 3.8) is 0 Å². The van der Waals surface area contributed by atoms with Gasteiger partial charge in [0.1, 0.15) is 5.82 Å². The lowest BCUT2D eigenvalue weighted by Gasteiger charge is -2.30. The molecule has 1 aliphatic rings. The summed E-state index contributed by atoms with van der Waals surface area (Å²) in [5.41, 5.74) is 8.18. The summed E-state index contributed by atoms with van der Waals surface area (Å²) >= 11 is 0. The number of nitrogens with two attached hydrogens (primary N) is 1. The number of aliphatic hydroxyl groups is 1. The normalized spacial score (nSPS) is 18.8. The Kier molecular flexibility index (Phi) is 3.69. The molecule has 1 fully saturated rings. The van der Waals surface area contributed by atoms with Gasteiger partial charge in [0, 0.05) is 25.8 Å². The molecule has 0 spiro atoms. The molecular formula is C12H22N4O. The molecule has 0 aromatic carbocycles. The van der Waals surface area contributed by atoms with E-state index in [2.05, 4.69) is 10.00 Å². The van der Waals surface area contributed by atoms with Gasteiger partial charge in [0.15, 0.2) is 0 Å². The lowest BCUT2D eigenvalue weighted by Crippen LogP contribution is -2.34. The molecule has 2 heterocycles. The Labute approximate surface area is 102 Å². The van der Waals surface area contributed by atoms with Crippen LogP contribution in [0.4, 0.5) is 5.82 Å². The second-order valence-corrected chi connectivity index (χ2v) is 4.97. The van der Waals surface area contributed by atoms with Crippen LogP contribution in [0.3, 0.4) is 0 Å². The number of aliphatic hydroxyl groups excluding tert-OH is 1. The number of aryl methyl sites for hydroxylation is 2. The number of piperidine rings is 1. The second kappa shape index (κ2) is 5.06. The van der Waals surface area contributed by atoms with Crippen molar-refractivity contribution in [3.8, 4) is 0 Å². The van der Waals surface area contributed by atoms with Crippen LogP contribution in [0.2, 0.25) is 0 Å². The molecule has 0 atom stereocenters. The highest BCUT2D eigenvalue weighted by atomic mass is 16.3. The van der Waals surface area contributed by atoms with Crippen LogP contribution in [0.15, 0.2) is 0 Å². The Balaban J connectivity index is 1.98. The quantitative estimate of drug-likeness (QED) is 0.805. The first-order valence-corrected chi connectivity index (χ1v) is 6.23. The summed E-state index contributed by atoms with van der Waals surface area (Å²) < 4.78 is 1.74. The summed E-state index contributed by atoms with van der Waals surface area (Å²) in [6.07, 6.45) is 2.16. The maximum Gasteiger partial charge on any atom is 0.126 e. The molecule has 17 heavy (non-hydrogen) atoms. The average molecular weight is 238 g/mol. The van der Waals surface area contributed by atoms with E-state index >= 15 is 0 Å². The van der Waals surface area contributed by atoms with Crippen LogP contribution in [-0.4, -0.2) is 39.5 Å². The summed E-state index contributed by atoms with van der Waals surface area (Å²) in [6.45, 7) is 5.29. The number of aromatic nitrogens is 2. The lowest BCUT2D eigenvalue weighted by molar-refractivity contribution is 0.127. The monoisotopic (exact) mass is 238 g/mol. The number of hydrogen-bond donors (Lipinski definition) is 2. The molecule has 0 radical (unpaired) electrons. The maximum atomic E-state index is 9.11. The van der Waals surface area contributed by atoms with Crippen molar-refractivity contribution in [2.45, 2.75) is 26.3 Å². The molecule has 1 saturated heterocycles. The summed E-state index contributed by atoms with van der Waals surface area (Å²) in [4.78, 5) is 2.40. The first-order valence-electron chi connectivity index (χ1n) is 6.23. The fraction of sp³-hybridized carbons (Fsp3) is 0.750. The van der Waals surface area contributed by atoms with Gasteiger partial charge in [0.2, 0.25) is 0 Å².